The van der Waals surface area contributed by atoms with Gasteiger partial charge in [0.2, 0.25) is 0 Å². The topological polar surface area (TPSA) is 43.8 Å². The maximum Gasteiger partial charge on any atom is 0.417 e. The van der Waals surface area contributed by atoms with Crippen LogP contribution in [0.2, 0.25) is 0 Å². The lowest BCUT2D eigenvalue weighted by atomic mass is 10.0. The third-order valence-electron chi connectivity index (χ3n) is 3.23. The van der Waals surface area contributed by atoms with Crippen molar-refractivity contribution in [3.63, 3.8) is 0 Å². The molecule has 0 amide bonds. The fourth-order valence-electron chi connectivity index (χ4n) is 2.20. The van der Waals surface area contributed by atoms with Crippen LogP contribution >= 0.6 is 0 Å². The van der Waals surface area contributed by atoms with Crippen molar-refractivity contribution >= 4 is 5.82 Å². The van der Waals surface area contributed by atoms with E-state index >= 15 is 0 Å². The molecule has 1 heterocycles. The lowest BCUT2D eigenvalue weighted by Crippen LogP contribution is -2.08. The average molecular weight is 301 g/mol. The van der Waals surface area contributed by atoms with Crippen molar-refractivity contribution in [3.8, 4) is 11.3 Å². The number of anilines is 1. The molecular weight excluding hydrogens is 286 g/mol. The molecule has 0 bridgehead atoms. The van der Waals surface area contributed by atoms with Crippen LogP contribution in [-0.4, -0.2) is 9.55 Å². The van der Waals surface area contributed by atoms with E-state index in [-0.39, 0.29) is 23.0 Å². The van der Waals surface area contributed by atoms with Crippen molar-refractivity contribution in [1.82, 2.24) is 9.55 Å². The van der Waals surface area contributed by atoms with Gasteiger partial charge >= 0.3 is 6.18 Å². The van der Waals surface area contributed by atoms with E-state index in [1.54, 1.807) is 11.6 Å². The second kappa shape index (κ2) is 5.05. The van der Waals surface area contributed by atoms with Gasteiger partial charge in [0.25, 0.3) is 0 Å². The summed E-state index contributed by atoms with van der Waals surface area (Å²) in [7, 11) is 1.64. The first-order valence-corrected chi connectivity index (χ1v) is 6.32. The summed E-state index contributed by atoms with van der Waals surface area (Å²) in [6.45, 7) is 3.72. The third kappa shape index (κ3) is 2.72. The van der Waals surface area contributed by atoms with Gasteiger partial charge in [-0.05, 0) is 18.2 Å². The summed E-state index contributed by atoms with van der Waals surface area (Å²) in [5, 5.41) is 0. The van der Waals surface area contributed by atoms with E-state index in [0.29, 0.717) is 11.9 Å². The summed E-state index contributed by atoms with van der Waals surface area (Å²) in [5.74, 6) is -0.263. The Kier molecular flexibility index (Phi) is 3.69. The van der Waals surface area contributed by atoms with Crippen LogP contribution in [0.5, 0.6) is 0 Å². The highest BCUT2D eigenvalue weighted by atomic mass is 19.4. The summed E-state index contributed by atoms with van der Waals surface area (Å²) in [6, 6.07) is 2.48. The SMILES string of the molecule is CC(C)c1nc(-c2ccc(F)cc2C(F)(F)F)c(N)n1C. The van der Waals surface area contributed by atoms with Gasteiger partial charge in [-0.15, -0.1) is 0 Å². The van der Waals surface area contributed by atoms with Gasteiger partial charge in [-0.25, -0.2) is 9.37 Å². The maximum absolute atomic E-state index is 13.1. The first-order valence-electron chi connectivity index (χ1n) is 6.32. The standard InChI is InChI=1S/C14H15F4N3/c1-7(2)13-20-11(12(19)21(13)3)9-5-4-8(15)6-10(9)14(16,17)18/h4-7H,19H2,1-3H3. The number of hydrogen-bond donors (Lipinski definition) is 1. The van der Waals surface area contributed by atoms with Gasteiger partial charge in [0, 0.05) is 18.5 Å². The number of aromatic nitrogens is 2. The van der Waals surface area contributed by atoms with Crippen molar-refractivity contribution in [2.75, 3.05) is 5.73 Å². The summed E-state index contributed by atoms with van der Waals surface area (Å²) in [4.78, 5) is 4.20. The first-order chi connectivity index (χ1) is 9.62. The molecule has 1 aromatic carbocycles. The lowest BCUT2D eigenvalue weighted by Gasteiger charge is -2.12. The molecule has 3 nitrogen and oxygen atoms in total. The van der Waals surface area contributed by atoms with Crippen LogP contribution in [0.15, 0.2) is 18.2 Å². The lowest BCUT2D eigenvalue weighted by molar-refractivity contribution is -0.137. The molecule has 0 radical (unpaired) electrons. The monoisotopic (exact) mass is 301 g/mol. The van der Waals surface area contributed by atoms with Gasteiger partial charge in [0.05, 0.1) is 5.56 Å². The molecule has 0 saturated heterocycles. The predicted octanol–water partition coefficient (Wildman–Crippen LogP) is 3.95. The molecule has 0 aliphatic carbocycles. The molecule has 2 N–H and O–H groups in total. The van der Waals surface area contributed by atoms with Crippen molar-refractivity contribution in [3.05, 3.63) is 35.4 Å². The molecule has 0 fully saturated rings. The zero-order valence-electron chi connectivity index (χ0n) is 11.8. The second-order valence-corrected chi connectivity index (χ2v) is 5.11. The molecular formula is C14H15F4N3. The summed E-state index contributed by atoms with van der Waals surface area (Å²) >= 11 is 0. The Bertz CT molecular complexity index is 672. The van der Waals surface area contributed by atoms with Crippen LogP contribution < -0.4 is 5.73 Å². The molecule has 0 unspecified atom stereocenters. The molecule has 0 saturated carbocycles. The van der Waals surface area contributed by atoms with Crippen LogP contribution in [0.3, 0.4) is 0 Å². The maximum atomic E-state index is 13.1. The number of nitrogen functional groups attached to an aromatic ring is 1. The molecule has 2 aromatic rings. The minimum Gasteiger partial charge on any atom is -0.383 e. The van der Waals surface area contributed by atoms with Crippen LogP contribution in [0, 0.1) is 5.82 Å². The van der Waals surface area contributed by atoms with Crippen LogP contribution in [0.25, 0.3) is 11.3 Å². The van der Waals surface area contributed by atoms with Gasteiger partial charge in [-0.3, -0.25) is 0 Å². The molecule has 114 valence electrons. The molecule has 21 heavy (non-hydrogen) atoms. The van der Waals surface area contributed by atoms with E-state index < -0.39 is 17.6 Å². The minimum absolute atomic E-state index is 0.000773. The van der Waals surface area contributed by atoms with Crippen molar-refractivity contribution in [2.45, 2.75) is 25.9 Å². The Hall–Kier alpha value is -2.05. The van der Waals surface area contributed by atoms with Gasteiger partial charge in [-0.2, -0.15) is 13.2 Å². The highest BCUT2D eigenvalue weighted by Crippen LogP contribution is 2.39. The van der Waals surface area contributed by atoms with Crippen LogP contribution in [0.4, 0.5) is 23.4 Å². The Balaban J connectivity index is 2.71. The Labute approximate surface area is 119 Å². The van der Waals surface area contributed by atoms with Gasteiger partial charge in [0.15, 0.2) is 0 Å². The number of nitrogens with zero attached hydrogens (tertiary/aromatic N) is 2. The Morgan fingerprint density at radius 3 is 2.33 bits per heavy atom. The van der Waals surface area contributed by atoms with E-state index in [0.717, 1.165) is 12.1 Å². The first kappa shape index (κ1) is 15.3. The number of nitrogens with two attached hydrogens (primary N) is 1. The zero-order valence-corrected chi connectivity index (χ0v) is 11.8. The van der Waals surface area contributed by atoms with Crippen LogP contribution in [-0.2, 0) is 13.2 Å². The Morgan fingerprint density at radius 2 is 1.86 bits per heavy atom. The highest BCUT2D eigenvalue weighted by Gasteiger charge is 2.35. The molecule has 0 aliphatic heterocycles. The normalized spacial score (nSPS) is 12.2. The number of imidazole rings is 1. The fraction of sp³-hybridized carbons (Fsp3) is 0.357. The third-order valence-corrected chi connectivity index (χ3v) is 3.23. The summed E-state index contributed by atoms with van der Waals surface area (Å²) in [6.07, 6.45) is -4.68. The van der Waals surface area contributed by atoms with Gasteiger partial charge < -0.3 is 10.3 Å². The molecule has 0 spiro atoms. The van der Waals surface area contributed by atoms with Crippen LogP contribution in [0.1, 0.15) is 31.2 Å². The second-order valence-electron chi connectivity index (χ2n) is 5.11. The van der Waals surface area contributed by atoms with E-state index in [1.807, 2.05) is 13.8 Å². The highest BCUT2D eigenvalue weighted by molar-refractivity contribution is 5.74. The van der Waals surface area contributed by atoms with E-state index in [2.05, 4.69) is 4.98 Å². The van der Waals surface area contributed by atoms with E-state index in [1.165, 1.54) is 0 Å². The zero-order chi connectivity index (χ0) is 15.9. The number of alkyl halides is 3. The fourth-order valence-corrected chi connectivity index (χ4v) is 2.20. The molecule has 2 rings (SSSR count). The van der Waals surface area contributed by atoms with Crippen molar-refractivity contribution in [2.24, 2.45) is 7.05 Å². The van der Waals surface area contributed by atoms with Gasteiger partial charge in [0.1, 0.15) is 23.2 Å². The van der Waals surface area contributed by atoms with Gasteiger partial charge in [-0.1, -0.05) is 13.8 Å². The summed E-state index contributed by atoms with van der Waals surface area (Å²) in [5.41, 5.74) is 4.59. The molecule has 1 aromatic heterocycles. The quantitative estimate of drug-likeness (QED) is 0.854. The largest absolute Gasteiger partial charge is 0.417 e. The van der Waals surface area contributed by atoms with E-state index in [4.69, 9.17) is 5.73 Å². The predicted molar refractivity (Wildman–Crippen MR) is 72.1 cm³/mol. The number of hydrogen-bond acceptors (Lipinski definition) is 2. The number of benzene rings is 1. The average Bonchev–Trinajstić information content (AvgIpc) is 2.66. The smallest absolute Gasteiger partial charge is 0.383 e. The van der Waals surface area contributed by atoms with E-state index in [9.17, 15) is 17.6 Å². The molecule has 7 heteroatoms. The minimum atomic E-state index is -4.68. The molecule has 0 atom stereocenters. The number of rotatable bonds is 2. The number of halogens is 4. The molecule has 0 aliphatic rings. The van der Waals surface area contributed by atoms with Crippen molar-refractivity contribution in [1.29, 1.82) is 0 Å². The summed E-state index contributed by atoms with van der Waals surface area (Å²) < 4.78 is 53.9. The Morgan fingerprint density at radius 1 is 1.24 bits per heavy atom. The van der Waals surface area contributed by atoms with Crippen molar-refractivity contribution < 1.29 is 17.6 Å².